The topological polar surface area (TPSA) is 110 Å². The fourth-order valence-corrected chi connectivity index (χ4v) is 3.57. The number of carbonyl (C=O) groups excluding carboxylic acids is 3. The minimum atomic E-state index is -0.273. The Labute approximate surface area is 149 Å². The average Bonchev–Trinajstić information content (AvgIpc) is 3.14. The maximum atomic E-state index is 12.4. The van der Waals surface area contributed by atoms with E-state index in [2.05, 4.69) is 10.5 Å². The van der Waals surface area contributed by atoms with E-state index in [0.29, 0.717) is 42.8 Å². The number of hydrogen-bond donors (Lipinski definition) is 2. The summed E-state index contributed by atoms with van der Waals surface area (Å²) in [6.45, 7) is 1.52. The predicted octanol–water partition coefficient (Wildman–Crippen LogP) is 0.362. The number of fused-ring (bicyclic) bond motifs is 3. The molecule has 1 aromatic heterocycles. The number of ketones is 1. The van der Waals surface area contributed by atoms with Crippen LogP contribution >= 0.6 is 0 Å². The summed E-state index contributed by atoms with van der Waals surface area (Å²) in [5.74, 6) is -0.673. The molecule has 1 aliphatic carbocycles. The lowest BCUT2D eigenvalue weighted by atomic mass is 9.96. The Morgan fingerprint density at radius 1 is 1.15 bits per heavy atom. The second kappa shape index (κ2) is 6.38. The van der Waals surface area contributed by atoms with Crippen molar-refractivity contribution in [1.29, 1.82) is 0 Å². The highest BCUT2D eigenvalue weighted by molar-refractivity contribution is 6.20. The Hall–Kier alpha value is -3.00. The summed E-state index contributed by atoms with van der Waals surface area (Å²) >= 11 is 0. The van der Waals surface area contributed by atoms with Crippen LogP contribution in [-0.4, -0.2) is 52.0 Å². The molecular weight excluding hydrogens is 334 g/mol. The molecule has 2 aromatic rings. The van der Waals surface area contributed by atoms with Gasteiger partial charge in [0.15, 0.2) is 5.78 Å². The number of aromatic nitrogens is 2. The second-order valence-corrected chi connectivity index (χ2v) is 6.70. The maximum Gasteiger partial charge on any atom is 0.254 e. The lowest BCUT2D eigenvalue weighted by Gasteiger charge is -2.29. The number of amides is 2. The number of nitrogens with zero attached hydrogens (tertiary/aromatic N) is 3. The van der Waals surface area contributed by atoms with Gasteiger partial charge >= 0.3 is 0 Å². The van der Waals surface area contributed by atoms with Gasteiger partial charge in [0.2, 0.25) is 5.91 Å². The number of piperidine rings is 1. The van der Waals surface area contributed by atoms with Gasteiger partial charge in [0, 0.05) is 17.0 Å². The van der Waals surface area contributed by atoms with E-state index in [1.807, 2.05) is 23.1 Å². The Morgan fingerprint density at radius 3 is 2.54 bits per heavy atom. The van der Waals surface area contributed by atoms with Gasteiger partial charge in [-0.05, 0) is 25.9 Å². The summed E-state index contributed by atoms with van der Waals surface area (Å²) in [5.41, 5.74) is 10.5. The summed E-state index contributed by atoms with van der Waals surface area (Å²) in [6, 6.07) is 7.30. The van der Waals surface area contributed by atoms with Gasteiger partial charge < -0.3 is 5.73 Å². The molecule has 1 saturated heterocycles. The standard InChI is InChI=1S/C18H19N5O3/c19-18(26)11-5-7-22(8-6-11)10-15(24)20-23-9-14-16(21-23)12-3-1-2-4-13(12)17(14)25/h1-4,9,11H,5-8,10H2,(H2,19,26)(H,20,24). The number of rotatable bonds is 4. The normalized spacial score (nSPS) is 17.0. The highest BCUT2D eigenvalue weighted by Crippen LogP contribution is 2.34. The fourth-order valence-electron chi connectivity index (χ4n) is 3.57. The first kappa shape index (κ1) is 16.5. The Kier molecular flexibility index (Phi) is 4.04. The number of carbonyl (C=O) groups is 3. The molecule has 0 atom stereocenters. The van der Waals surface area contributed by atoms with Gasteiger partial charge in [-0.25, -0.2) is 5.43 Å². The van der Waals surface area contributed by atoms with Crippen molar-refractivity contribution in [3.05, 3.63) is 41.6 Å². The van der Waals surface area contributed by atoms with E-state index < -0.39 is 0 Å². The largest absolute Gasteiger partial charge is 0.369 e. The van der Waals surface area contributed by atoms with E-state index in [9.17, 15) is 14.4 Å². The highest BCUT2D eigenvalue weighted by atomic mass is 16.2. The zero-order valence-electron chi connectivity index (χ0n) is 14.1. The molecule has 26 heavy (non-hydrogen) atoms. The summed E-state index contributed by atoms with van der Waals surface area (Å²) in [6.07, 6.45) is 2.89. The molecule has 1 aliphatic heterocycles. The molecule has 8 heteroatoms. The summed E-state index contributed by atoms with van der Waals surface area (Å²) in [5, 5.41) is 4.34. The Bertz CT molecular complexity index is 896. The van der Waals surface area contributed by atoms with Crippen molar-refractivity contribution in [2.75, 3.05) is 25.1 Å². The van der Waals surface area contributed by atoms with Crippen LogP contribution in [0.15, 0.2) is 30.5 Å². The zero-order chi connectivity index (χ0) is 18.3. The van der Waals surface area contributed by atoms with Crippen LogP contribution in [0.5, 0.6) is 0 Å². The first-order chi connectivity index (χ1) is 12.5. The lowest BCUT2D eigenvalue weighted by Crippen LogP contribution is -2.43. The van der Waals surface area contributed by atoms with E-state index in [1.54, 1.807) is 12.3 Å². The number of benzene rings is 1. The van der Waals surface area contributed by atoms with Crippen LogP contribution in [0.3, 0.4) is 0 Å². The molecule has 0 bridgehead atoms. The van der Waals surface area contributed by atoms with Gasteiger partial charge in [0.1, 0.15) is 5.69 Å². The van der Waals surface area contributed by atoms with Crippen molar-refractivity contribution in [2.45, 2.75) is 12.8 Å². The van der Waals surface area contributed by atoms with E-state index in [0.717, 1.165) is 5.56 Å². The second-order valence-electron chi connectivity index (χ2n) is 6.70. The third-order valence-corrected chi connectivity index (χ3v) is 4.98. The summed E-state index contributed by atoms with van der Waals surface area (Å²) in [4.78, 5) is 39.1. The van der Waals surface area contributed by atoms with Crippen LogP contribution in [0.25, 0.3) is 11.3 Å². The Morgan fingerprint density at radius 2 is 1.85 bits per heavy atom. The SMILES string of the molecule is NC(=O)C1CCN(CC(=O)Nn2cc3c(n2)-c2ccccc2C3=O)CC1. The molecule has 2 aliphatic rings. The van der Waals surface area contributed by atoms with Crippen molar-refractivity contribution in [1.82, 2.24) is 14.8 Å². The lowest BCUT2D eigenvalue weighted by molar-refractivity contribution is -0.123. The zero-order valence-corrected chi connectivity index (χ0v) is 14.1. The van der Waals surface area contributed by atoms with E-state index in [1.165, 1.54) is 4.79 Å². The third kappa shape index (κ3) is 2.88. The molecule has 2 heterocycles. The quantitative estimate of drug-likeness (QED) is 0.704. The van der Waals surface area contributed by atoms with Gasteiger partial charge in [-0.2, -0.15) is 9.89 Å². The minimum Gasteiger partial charge on any atom is -0.369 e. The van der Waals surface area contributed by atoms with Gasteiger partial charge in [-0.15, -0.1) is 0 Å². The monoisotopic (exact) mass is 353 g/mol. The minimum absolute atomic E-state index is 0.0791. The van der Waals surface area contributed by atoms with Crippen molar-refractivity contribution >= 4 is 17.6 Å². The van der Waals surface area contributed by atoms with Crippen LogP contribution in [0.1, 0.15) is 28.8 Å². The average molecular weight is 353 g/mol. The molecular formula is C18H19N5O3. The summed E-state index contributed by atoms with van der Waals surface area (Å²) in [7, 11) is 0. The molecule has 0 spiro atoms. The van der Waals surface area contributed by atoms with Gasteiger partial charge in [-0.3, -0.25) is 19.3 Å². The number of nitrogens with two attached hydrogens (primary N) is 1. The molecule has 0 saturated carbocycles. The van der Waals surface area contributed by atoms with Crippen molar-refractivity contribution in [3.63, 3.8) is 0 Å². The number of nitrogens with one attached hydrogen (secondary N) is 1. The fraction of sp³-hybridized carbons (Fsp3) is 0.333. The van der Waals surface area contributed by atoms with Crippen LogP contribution in [0, 0.1) is 5.92 Å². The van der Waals surface area contributed by atoms with Gasteiger partial charge in [0.05, 0.1) is 18.3 Å². The molecule has 8 nitrogen and oxygen atoms in total. The van der Waals surface area contributed by atoms with E-state index in [4.69, 9.17) is 5.73 Å². The van der Waals surface area contributed by atoms with Gasteiger partial charge in [-0.1, -0.05) is 24.3 Å². The smallest absolute Gasteiger partial charge is 0.254 e. The number of hydrogen-bond acceptors (Lipinski definition) is 5. The van der Waals surface area contributed by atoms with Crippen LogP contribution in [0.2, 0.25) is 0 Å². The maximum absolute atomic E-state index is 12.4. The molecule has 0 unspecified atom stereocenters. The molecule has 134 valence electrons. The first-order valence-corrected chi connectivity index (χ1v) is 8.58. The van der Waals surface area contributed by atoms with Crippen LogP contribution < -0.4 is 11.2 Å². The van der Waals surface area contributed by atoms with Crippen LogP contribution in [0.4, 0.5) is 0 Å². The van der Waals surface area contributed by atoms with Crippen molar-refractivity contribution in [3.8, 4) is 11.3 Å². The molecule has 4 rings (SSSR count). The molecule has 3 N–H and O–H groups in total. The predicted molar refractivity (Wildman–Crippen MR) is 93.8 cm³/mol. The van der Waals surface area contributed by atoms with E-state index >= 15 is 0 Å². The molecule has 0 radical (unpaired) electrons. The molecule has 1 fully saturated rings. The molecule has 2 amide bonds. The number of likely N-dealkylation sites (tertiary alicyclic amines) is 1. The third-order valence-electron chi connectivity index (χ3n) is 4.98. The Balaban J connectivity index is 1.39. The van der Waals surface area contributed by atoms with Crippen LogP contribution in [-0.2, 0) is 9.59 Å². The number of primary amides is 1. The highest BCUT2D eigenvalue weighted by Gasteiger charge is 2.30. The van der Waals surface area contributed by atoms with Crippen molar-refractivity contribution in [2.24, 2.45) is 11.7 Å². The van der Waals surface area contributed by atoms with Crippen molar-refractivity contribution < 1.29 is 14.4 Å². The first-order valence-electron chi connectivity index (χ1n) is 8.58. The van der Waals surface area contributed by atoms with Gasteiger partial charge in [0.25, 0.3) is 5.91 Å². The van der Waals surface area contributed by atoms with E-state index in [-0.39, 0.29) is 30.1 Å². The molecule has 1 aromatic carbocycles. The summed E-state index contributed by atoms with van der Waals surface area (Å²) < 4.78 is 0.